The summed E-state index contributed by atoms with van der Waals surface area (Å²) in [6.07, 6.45) is 4.10. The first-order chi connectivity index (χ1) is 20.6. The topological polar surface area (TPSA) is 7.76 Å². The van der Waals surface area contributed by atoms with Crippen LogP contribution in [0.15, 0.2) is 97.3 Å². The van der Waals surface area contributed by atoms with Crippen LogP contribution in [0.25, 0.3) is 22.5 Å². The molecular weight excluding hydrogens is 957 g/mol. The number of benzene rings is 2. The van der Waals surface area contributed by atoms with Gasteiger partial charge in [0.05, 0.1) is 0 Å². The minimum absolute atomic E-state index is 0.242. The molecule has 26 heteroatoms. The Kier molecular flexibility index (Phi) is 10.8. The fourth-order valence-electron chi connectivity index (χ4n) is 2.70. The molecule has 4 aromatic rings. The molecule has 0 unspecified atom stereocenters. The van der Waals surface area contributed by atoms with Crippen LogP contribution in [0.2, 0.25) is 0 Å². The van der Waals surface area contributed by atoms with Crippen LogP contribution >= 0.6 is 23.4 Å². The number of hydrogen-bond acceptors (Lipinski definition) is 0. The van der Waals surface area contributed by atoms with Crippen molar-refractivity contribution in [2.45, 2.75) is 0 Å². The van der Waals surface area contributed by atoms with E-state index in [4.69, 9.17) is 0 Å². The summed E-state index contributed by atoms with van der Waals surface area (Å²) in [5.41, 5.74) is 4.03. The summed E-state index contributed by atoms with van der Waals surface area (Å²) in [5.74, 6) is -0.485. The Hall–Kier alpha value is -2.72. The number of pyridine rings is 2. The van der Waals surface area contributed by atoms with Gasteiger partial charge in [0.2, 0.25) is 0 Å². The zero-order chi connectivity index (χ0) is 37.9. The average molecular weight is 973 g/mol. The van der Waals surface area contributed by atoms with E-state index in [1.807, 2.05) is 48.8 Å². The van der Waals surface area contributed by atoms with Crippen LogP contribution < -0.4 is 6.48 Å². The van der Waals surface area contributed by atoms with Crippen molar-refractivity contribution >= 4 is 23.4 Å². The molecule has 0 aliphatic heterocycles. The zero-order valence-electron chi connectivity index (χ0n) is 22.4. The third-order valence-electron chi connectivity index (χ3n) is 4.01. The molecule has 2 aromatic carbocycles. The van der Waals surface area contributed by atoms with Gasteiger partial charge in [-0.1, -0.05) is 0 Å². The van der Waals surface area contributed by atoms with Crippen LogP contribution in [0.1, 0.15) is 0 Å². The summed E-state index contributed by atoms with van der Waals surface area (Å²) in [6.45, 7) is 0. The summed E-state index contributed by atoms with van der Waals surface area (Å²) >= 11 is -0.801. The molecule has 2 heterocycles. The molecule has 0 spiro atoms. The maximum absolute atomic E-state index is 13.3. The van der Waals surface area contributed by atoms with Gasteiger partial charge >= 0.3 is 264 Å². The first-order valence-electron chi connectivity index (χ1n) is 11.4. The third-order valence-corrected chi connectivity index (χ3v) is 6.91. The maximum atomic E-state index is 13.3. The van der Waals surface area contributed by atoms with Gasteiger partial charge in [-0.25, -0.2) is 0 Å². The Morgan fingerprint density at radius 3 is 0.812 bits per heavy atom. The third kappa shape index (κ3) is 29.4. The molecule has 278 valence electrons. The molecule has 48 heavy (non-hydrogen) atoms. The van der Waals surface area contributed by atoms with Gasteiger partial charge in [0.25, 0.3) is 0 Å². The van der Waals surface area contributed by atoms with E-state index < -0.39 is 41.6 Å². The van der Waals surface area contributed by atoms with Gasteiger partial charge in [-0.3, -0.25) is 0 Å². The standard InChI is InChI=1S/2C11H8FN.3F6P.Ir/c2*12-10-6-4-9(5-7-10)11-3-1-2-8-13-11;3*1-7(2,3,4,5)6;/h2*1-8H;;;;/q;;3*-1;+3. The second-order valence-electron chi connectivity index (χ2n) is 8.71. The molecule has 2 aromatic heterocycles. The molecule has 0 saturated heterocycles. The van der Waals surface area contributed by atoms with E-state index in [0.717, 1.165) is 22.5 Å². The normalized spacial score (nSPS) is 16.2. The molecule has 0 atom stereocenters. The molecule has 0 saturated carbocycles. The first kappa shape index (κ1) is 43.3. The van der Waals surface area contributed by atoms with Gasteiger partial charge in [-0.15, -0.1) is 0 Å². The number of hydrogen-bond donors (Lipinski definition) is 0. The Morgan fingerprint density at radius 2 is 0.583 bits per heavy atom. The predicted octanol–water partition coefficient (Wildman–Crippen LogP) is 14.3. The Balaban J connectivity index is 0.000000448. The molecule has 0 aliphatic rings. The quantitative estimate of drug-likeness (QED) is 0.142. The SMILES string of the molecule is F[P-](F)(F)(F)(F)F.F[P-](F)(F)(F)(F)F.F[P-](F)(F)(F)(F)F.Fc1ccc(-c2cccc[n+]2[Ir+][n+]2ccccc2-c2ccc(F)cc2)cc1. The van der Waals surface area contributed by atoms with E-state index in [0.29, 0.717) is 0 Å². The molecule has 0 bridgehead atoms. The fourth-order valence-corrected chi connectivity index (χ4v) is 5.47. The molecular formula is C22H16F20IrN2P3. The van der Waals surface area contributed by atoms with Gasteiger partial charge in [-0.2, -0.15) is 0 Å². The van der Waals surface area contributed by atoms with Crippen LogP contribution in [0.3, 0.4) is 0 Å². The van der Waals surface area contributed by atoms with Crippen molar-refractivity contribution in [2.24, 2.45) is 0 Å². The zero-order valence-corrected chi connectivity index (χ0v) is 27.4. The van der Waals surface area contributed by atoms with Gasteiger partial charge in [0.1, 0.15) is 0 Å². The molecule has 0 amide bonds. The molecule has 0 aliphatic carbocycles. The Labute approximate surface area is 263 Å². The average Bonchev–Trinajstić information content (AvgIpc) is 2.80. The summed E-state index contributed by atoms with van der Waals surface area (Å²) < 4.78 is 209. The molecule has 2 nitrogen and oxygen atoms in total. The van der Waals surface area contributed by atoms with Gasteiger partial charge in [-0.05, 0) is 0 Å². The molecule has 0 N–H and O–H groups in total. The summed E-state index contributed by atoms with van der Waals surface area (Å²) in [4.78, 5) is 0. The van der Waals surface area contributed by atoms with E-state index >= 15 is 0 Å². The number of aromatic nitrogens is 2. The fraction of sp³-hybridized carbons (Fsp3) is 0. The second-order valence-corrected chi connectivity index (χ2v) is 17.2. The monoisotopic (exact) mass is 974 g/mol. The van der Waals surface area contributed by atoms with Crippen molar-refractivity contribution in [3.8, 4) is 22.5 Å². The van der Waals surface area contributed by atoms with Crippen LogP contribution in [-0.2, 0) is 18.2 Å². The molecule has 4 rings (SSSR count). The number of halogens is 20. The first-order valence-corrected chi connectivity index (χ1v) is 19.6. The van der Waals surface area contributed by atoms with Crippen molar-refractivity contribution in [3.63, 3.8) is 0 Å². The van der Waals surface area contributed by atoms with Gasteiger partial charge < -0.3 is 0 Å². The van der Waals surface area contributed by atoms with Crippen LogP contribution in [0.4, 0.5) is 84.3 Å². The second kappa shape index (κ2) is 12.0. The van der Waals surface area contributed by atoms with E-state index in [1.54, 1.807) is 24.3 Å². The summed E-state index contributed by atoms with van der Waals surface area (Å²) in [6, 6.07) is 25.1. The van der Waals surface area contributed by atoms with Gasteiger partial charge in [0.15, 0.2) is 0 Å². The Bertz CT molecular complexity index is 1520. The van der Waals surface area contributed by atoms with E-state index in [2.05, 4.69) is 6.48 Å². The van der Waals surface area contributed by atoms with Crippen molar-refractivity contribution in [1.82, 2.24) is 0 Å². The van der Waals surface area contributed by atoms with Crippen LogP contribution in [0, 0.1) is 11.6 Å². The number of rotatable bonds is 4. The van der Waals surface area contributed by atoms with Gasteiger partial charge in [0, 0.05) is 0 Å². The summed E-state index contributed by atoms with van der Waals surface area (Å²) in [7, 11) is -32.0. The minimum atomic E-state index is -10.7. The van der Waals surface area contributed by atoms with Crippen molar-refractivity contribution < 1.29 is 109 Å². The Morgan fingerprint density at radius 1 is 0.354 bits per heavy atom. The predicted molar refractivity (Wildman–Crippen MR) is 136 cm³/mol. The molecule has 0 fully saturated rings. The van der Waals surface area contributed by atoms with E-state index in [-0.39, 0.29) is 11.6 Å². The van der Waals surface area contributed by atoms with E-state index in [9.17, 15) is 84.3 Å². The molecule has 0 radical (unpaired) electrons. The van der Waals surface area contributed by atoms with E-state index in [1.165, 1.54) is 24.3 Å². The van der Waals surface area contributed by atoms with Crippen molar-refractivity contribution in [1.29, 1.82) is 0 Å². The van der Waals surface area contributed by atoms with Crippen LogP contribution in [0.5, 0.6) is 0 Å². The van der Waals surface area contributed by atoms with Crippen molar-refractivity contribution in [2.75, 3.05) is 0 Å². The summed E-state index contributed by atoms with van der Waals surface area (Å²) in [5, 5.41) is 0. The van der Waals surface area contributed by atoms with Crippen molar-refractivity contribution in [3.05, 3.63) is 109 Å². The number of nitrogens with zero attached hydrogens (tertiary/aromatic N) is 2. The van der Waals surface area contributed by atoms with Crippen LogP contribution in [-0.4, -0.2) is 0 Å².